The Hall–Kier alpha value is -2.21. The molecule has 0 bridgehead atoms. The largest absolute Gasteiger partial charge is 0.337 e. The summed E-state index contributed by atoms with van der Waals surface area (Å²) in [5.41, 5.74) is 1.81. The van der Waals surface area contributed by atoms with Crippen LogP contribution in [0.5, 0.6) is 0 Å². The molecule has 0 amide bonds. The normalized spacial score (nSPS) is 12.3. The molecular weight excluding hydrogens is 268 g/mol. The Labute approximate surface area is 124 Å². The van der Waals surface area contributed by atoms with Gasteiger partial charge in [0.25, 0.3) is 5.69 Å². The first kappa shape index (κ1) is 15.2. The molecule has 0 aliphatic carbocycles. The maximum Gasteiger partial charge on any atom is 0.272 e. The van der Waals surface area contributed by atoms with Crippen LogP contribution < -0.4 is 5.32 Å². The van der Waals surface area contributed by atoms with Gasteiger partial charge in [-0.05, 0) is 24.9 Å². The van der Waals surface area contributed by atoms with Crippen LogP contribution in [0.15, 0.2) is 36.9 Å². The third-order valence-corrected chi connectivity index (χ3v) is 3.37. The first-order valence-corrected chi connectivity index (χ1v) is 6.96. The lowest BCUT2D eigenvalue weighted by molar-refractivity contribution is -0.385. The predicted octanol–water partition coefficient (Wildman–Crippen LogP) is 2.53. The first-order chi connectivity index (χ1) is 10.1. The van der Waals surface area contributed by atoms with Crippen molar-refractivity contribution < 1.29 is 4.92 Å². The highest BCUT2D eigenvalue weighted by atomic mass is 16.6. The number of hydrogen-bond donors (Lipinski definition) is 1. The molecule has 21 heavy (non-hydrogen) atoms. The molecule has 1 aromatic heterocycles. The van der Waals surface area contributed by atoms with Gasteiger partial charge in [-0.2, -0.15) is 0 Å². The molecule has 0 saturated carbocycles. The molecule has 1 heterocycles. The predicted molar refractivity (Wildman–Crippen MR) is 80.9 cm³/mol. The summed E-state index contributed by atoms with van der Waals surface area (Å²) in [6.45, 7) is 6.30. The lowest BCUT2D eigenvalue weighted by atomic mass is 10.1. The van der Waals surface area contributed by atoms with E-state index in [9.17, 15) is 10.1 Å². The van der Waals surface area contributed by atoms with E-state index in [0.717, 1.165) is 18.7 Å². The molecule has 0 spiro atoms. The Morgan fingerprint density at radius 2 is 2.29 bits per heavy atom. The number of benzene rings is 1. The quantitative estimate of drug-likeness (QED) is 0.627. The van der Waals surface area contributed by atoms with Crippen LogP contribution in [0.2, 0.25) is 0 Å². The molecule has 0 aliphatic rings. The van der Waals surface area contributed by atoms with E-state index in [4.69, 9.17) is 0 Å². The summed E-state index contributed by atoms with van der Waals surface area (Å²) < 4.78 is 2.04. The van der Waals surface area contributed by atoms with Crippen molar-refractivity contribution in [2.75, 3.05) is 6.54 Å². The summed E-state index contributed by atoms with van der Waals surface area (Å²) >= 11 is 0. The minimum atomic E-state index is -0.333. The topological polar surface area (TPSA) is 73.0 Å². The highest BCUT2D eigenvalue weighted by Gasteiger charge is 2.11. The number of nitrogens with zero attached hydrogens (tertiary/aromatic N) is 3. The summed E-state index contributed by atoms with van der Waals surface area (Å²) in [5.74, 6) is 0.458. The Bertz CT molecular complexity index is 596. The Morgan fingerprint density at radius 3 is 2.95 bits per heavy atom. The van der Waals surface area contributed by atoms with Crippen LogP contribution in [0.4, 0.5) is 5.69 Å². The van der Waals surface area contributed by atoms with Gasteiger partial charge in [-0.1, -0.05) is 19.1 Å². The van der Waals surface area contributed by atoms with Crippen LogP contribution in [-0.4, -0.2) is 21.0 Å². The van der Waals surface area contributed by atoms with E-state index in [-0.39, 0.29) is 10.6 Å². The molecule has 0 radical (unpaired) electrons. The molecule has 1 aromatic carbocycles. The van der Waals surface area contributed by atoms with Crippen molar-refractivity contribution in [3.05, 3.63) is 58.2 Å². The minimum absolute atomic E-state index is 0.181. The summed E-state index contributed by atoms with van der Waals surface area (Å²) in [6, 6.07) is 5.36. The fraction of sp³-hybridized carbons (Fsp3) is 0.400. The Kier molecular flexibility index (Phi) is 5.05. The van der Waals surface area contributed by atoms with Crippen LogP contribution in [0.25, 0.3) is 0 Å². The zero-order valence-electron chi connectivity index (χ0n) is 12.3. The zero-order chi connectivity index (χ0) is 15.2. The highest BCUT2D eigenvalue weighted by molar-refractivity contribution is 5.42. The fourth-order valence-electron chi connectivity index (χ4n) is 2.24. The fourth-order valence-corrected chi connectivity index (χ4v) is 2.24. The lowest BCUT2D eigenvalue weighted by Gasteiger charge is -2.13. The van der Waals surface area contributed by atoms with Crippen LogP contribution in [-0.2, 0) is 13.1 Å². The third kappa shape index (κ3) is 4.39. The number of imidazole rings is 1. The maximum atomic E-state index is 10.9. The van der Waals surface area contributed by atoms with E-state index in [0.29, 0.717) is 18.0 Å². The molecule has 2 rings (SSSR count). The molecule has 6 heteroatoms. The maximum absolute atomic E-state index is 10.9. The zero-order valence-corrected chi connectivity index (χ0v) is 12.3. The monoisotopic (exact) mass is 288 g/mol. The molecule has 1 N–H and O–H groups in total. The van der Waals surface area contributed by atoms with Gasteiger partial charge in [0, 0.05) is 37.1 Å². The SMILES string of the molecule is Cc1ccc(CNCC(C)Cn2ccnc2)cc1[N+](=O)[O-]. The van der Waals surface area contributed by atoms with Crippen LogP contribution in [0.3, 0.4) is 0 Å². The molecule has 112 valence electrons. The number of nitrogens with one attached hydrogen (secondary N) is 1. The summed E-state index contributed by atoms with van der Waals surface area (Å²) in [7, 11) is 0. The van der Waals surface area contributed by atoms with E-state index in [1.165, 1.54) is 0 Å². The Balaban J connectivity index is 1.83. The molecule has 2 aromatic rings. The van der Waals surface area contributed by atoms with Crippen molar-refractivity contribution >= 4 is 5.69 Å². The molecule has 1 unspecified atom stereocenters. The smallest absolute Gasteiger partial charge is 0.272 e. The van der Waals surface area contributed by atoms with Crippen molar-refractivity contribution in [2.24, 2.45) is 5.92 Å². The van der Waals surface area contributed by atoms with E-state index in [1.807, 2.05) is 16.8 Å². The van der Waals surface area contributed by atoms with Gasteiger partial charge in [0.05, 0.1) is 11.3 Å². The second-order valence-electron chi connectivity index (χ2n) is 5.37. The minimum Gasteiger partial charge on any atom is -0.337 e. The second-order valence-corrected chi connectivity index (χ2v) is 5.37. The van der Waals surface area contributed by atoms with Gasteiger partial charge in [-0.3, -0.25) is 10.1 Å². The number of aromatic nitrogens is 2. The molecular formula is C15H20N4O2. The molecule has 6 nitrogen and oxygen atoms in total. The van der Waals surface area contributed by atoms with Gasteiger partial charge in [-0.15, -0.1) is 0 Å². The highest BCUT2D eigenvalue weighted by Crippen LogP contribution is 2.19. The third-order valence-electron chi connectivity index (χ3n) is 3.37. The van der Waals surface area contributed by atoms with Gasteiger partial charge < -0.3 is 9.88 Å². The van der Waals surface area contributed by atoms with Gasteiger partial charge in [0.15, 0.2) is 0 Å². The first-order valence-electron chi connectivity index (χ1n) is 6.96. The number of nitro benzene ring substituents is 1. The molecule has 0 fully saturated rings. The van der Waals surface area contributed by atoms with Crippen molar-refractivity contribution in [3.63, 3.8) is 0 Å². The molecule has 1 atom stereocenters. The van der Waals surface area contributed by atoms with E-state index < -0.39 is 0 Å². The summed E-state index contributed by atoms with van der Waals surface area (Å²) in [5, 5.41) is 14.3. The average Bonchev–Trinajstić information content (AvgIpc) is 2.93. The molecule has 0 saturated heterocycles. The van der Waals surface area contributed by atoms with Gasteiger partial charge in [0.1, 0.15) is 0 Å². The second kappa shape index (κ2) is 6.99. The van der Waals surface area contributed by atoms with Gasteiger partial charge >= 0.3 is 0 Å². The van der Waals surface area contributed by atoms with Crippen molar-refractivity contribution in [1.29, 1.82) is 0 Å². The van der Waals surface area contributed by atoms with E-state index >= 15 is 0 Å². The Morgan fingerprint density at radius 1 is 1.48 bits per heavy atom. The van der Waals surface area contributed by atoms with E-state index in [2.05, 4.69) is 17.2 Å². The standard InChI is InChI=1S/C15H20N4O2/c1-12(10-18-6-5-16-11-18)8-17-9-14-4-3-13(2)15(7-14)19(20)21/h3-7,11-12,17H,8-10H2,1-2H3. The molecule has 0 aliphatic heterocycles. The number of rotatable bonds is 7. The number of aryl methyl sites for hydroxylation is 1. The number of nitro groups is 1. The van der Waals surface area contributed by atoms with E-state index in [1.54, 1.807) is 31.6 Å². The van der Waals surface area contributed by atoms with Crippen LogP contribution in [0, 0.1) is 23.0 Å². The van der Waals surface area contributed by atoms with Gasteiger partial charge in [0.2, 0.25) is 0 Å². The van der Waals surface area contributed by atoms with Crippen molar-refractivity contribution in [1.82, 2.24) is 14.9 Å². The lowest BCUT2D eigenvalue weighted by Crippen LogP contribution is -2.23. The van der Waals surface area contributed by atoms with Crippen molar-refractivity contribution in [2.45, 2.75) is 26.9 Å². The summed E-state index contributed by atoms with van der Waals surface area (Å²) in [6.07, 6.45) is 5.52. The van der Waals surface area contributed by atoms with Crippen LogP contribution >= 0.6 is 0 Å². The summed E-state index contributed by atoms with van der Waals surface area (Å²) in [4.78, 5) is 14.6. The van der Waals surface area contributed by atoms with Crippen LogP contribution in [0.1, 0.15) is 18.1 Å². The van der Waals surface area contributed by atoms with Crippen molar-refractivity contribution in [3.8, 4) is 0 Å². The van der Waals surface area contributed by atoms with Gasteiger partial charge in [-0.25, -0.2) is 4.98 Å². The average molecular weight is 288 g/mol. The number of hydrogen-bond acceptors (Lipinski definition) is 4.